The van der Waals surface area contributed by atoms with Crippen LogP contribution in [0, 0.1) is 0 Å². The molecule has 0 atom stereocenters. The fourth-order valence-electron chi connectivity index (χ4n) is 3.10. The van der Waals surface area contributed by atoms with Gasteiger partial charge in [-0.1, -0.05) is 12.1 Å². The summed E-state index contributed by atoms with van der Waals surface area (Å²) in [5, 5.41) is 4.32. The van der Waals surface area contributed by atoms with E-state index in [1.165, 1.54) is 6.07 Å². The number of fused-ring (bicyclic) bond motifs is 2. The zero-order chi connectivity index (χ0) is 18.8. The number of nitrogens with one attached hydrogen (secondary N) is 2. The van der Waals surface area contributed by atoms with Gasteiger partial charge in [0.1, 0.15) is 11.3 Å². The van der Waals surface area contributed by atoms with Crippen molar-refractivity contribution in [1.82, 2.24) is 10.3 Å². The Labute approximate surface area is 154 Å². The summed E-state index contributed by atoms with van der Waals surface area (Å²) < 4.78 is 10.8. The third-order valence-corrected chi connectivity index (χ3v) is 4.51. The van der Waals surface area contributed by atoms with Crippen LogP contribution in [0.2, 0.25) is 0 Å². The second kappa shape index (κ2) is 6.99. The van der Waals surface area contributed by atoms with Crippen LogP contribution in [0.1, 0.15) is 16.1 Å². The molecule has 2 N–H and O–H groups in total. The molecule has 4 aromatic rings. The smallest absolute Gasteiger partial charge is 0.287 e. The van der Waals surface area contributed by atoms with Crippen molar-refractivity contribution in [3.05, 3.63) is 76.3 Å². The maximum atomic E-state index is 12.4. The number of aromatic nitrogens is 1. The number of benzene rings is 2. The Morgan fingerprint density at radius 2 is 2.00 bits per heavy atom. The molecule has 0 fully saturated rings. The second-order valence-electron chi connectivity index (χ2n) is 6.20. The minimum Gasteiger partial charge on any atom is -0.497 e. The average Bonchev–Trinajstić information content (AvgIpc) is 3.10. The topological polar surface area (TPSA) is 84.3 Å². The number of aromatic amines is 1. The average molecular weight is 362 g/mol. The van der Waals surface area contributed by atoms with Crippen LogP contribution >= 0.6 is 0 Å². The van der Waals surface area contributed by atoms with Crippen molar-refractivity contribution >= 4 is 27.8 Å². The lowest BCUT2D eigenvalue weighted by Gasteiger charge is -2.06. The summed E-state index contributed by atoms with van der Waals surface area (Å²) in [4.78, 5) is 27.7. The molecule has 0 spiro atoms. The molecular weight excluding hydrogens is 344 g/mol. The number of amides is 1. The lowest BCUT2D eigenvalue weighted by molar-refractivity contribution is 0.0927. The number of hydrogen-bond donors (Lipinski definition) is 2. The summed E-state index contributed by atoms with van der Waals surface area (Å²) in [5.74, 6) is 0.389. The van der Waals surface area contributed by atoms with Crippen LogP contribution in [0.3, 0.4) is 0 Å². The first-order chi connectivity index (χ1) is 13.2. The van der Waals surface area contributed by atoms with Gasteiger partial charge in [0.05, 0.1) is 12.5 Å². The number of methoxy groups -OCH3 is 1. The monoisotopic (exact) mass is 362 g/mol. The van der Waals surface area contributed by atoms with Crippen LogP contribution in [0.25, 0.3) is 21.9 Å². The van der Waals surface area contributed by atoms with Crippen molar-refractivity contribution in [3.8, 4) is 5.75 Å². The Morgan fingerprint density at radius 3 is 2.85 bits per heavy atom. The normalized spacial score (nSPS) is 11.0. The zero-order valence-corrected chi connectivity index (χ0v) is 14.7. The predicted octanol–water partition coefficient (Wildman–Crippen LogP) is 3.26. The number of carbonyl (C=O) groups is 1. The number of hydrogen-bond acceptors (Lipinski definition) is 4. The number of rotatable bonds is 5. The van der Waals surface area contributed by atoms with Crippen LogP contribution in [0.15, 0.2) is 63.9 Å². The maximum absolute atomic E-state index is 12.4. The van der Waals surface area contributed by atoms with Gasteiger partial charge >= 0.3 is 0 Å². The van der Waals surface area contributed by atoms with Gasteiger partial charge in [0.25, 0.3) is 5.91 Å². The van der Waals surface area contributed by atoms with Crippen molar-refractivity contribution in [2.24, 2.45) is 0 Å². The first-order valence-corrected chi connectivity index (χ1v) is 8.61. The fourth-order valence-corrected chi connectivity index (χ4v) is 3.10. The quantitative estimate of drug-likeness (QED) is 0.571. The van der Waals surface area contributed by atoms with E-state index in [0.29, 0.717) is 23.9 Å². The Kier molecular flexibility index (Phi) is 4.38. The SMILES string of the molecule is COc1ccc2[nH]cc(CCNC(=O)c3cc(=O)c4ccccc4o3)c2c1. The van der Waals surface area contributed by atoms with Gasteiger partial charge < -0.3 is 19.5 Å². The largest absolute Gasteiger partial charge is 0.497 e. The molecule has 2 aromatic carbocycles. The molecule has 0 unspecified atom stereocenters. The van der Waals surface area contributed by atoms with Crippen LogP contribution in [0.4, 0.5) is 0 Å². The summed E-state index contributed by atoms with van der Waals surface area (Å²) in [7, 11) is 1.63. The first kappa shape index (κ1) is 16.9. The highest BCUT2D eigenvalue weighted by Crippen LogP contribution is 2.23. The standard InChI is InChI=1S/C21H18N2O4/c1-26-14-6-7-17-16(10-14)13(12-23-17)8-9-22-21(25)20-11-18(24)15-4-2-3-5-19(15)27-20/h2-7,10-12,23H,8-9H2,1H3,(H,22,25). The molecule has 2 aromatic heterocycles. The van der Waals surface area contributed by atoms with Crippen LogP contribution < -0.4 is 15.5 Å². The molecule has 0 bridgehead atoms. The molecule has 4 rings (SSSR count). The van der Waals surface area contributed by atoms with Gasteiger partial charge in [0.2, 0.25) is 0 Å². The lowest BCUT2D eigenvalue weighted by atomic mass is 10.1. The minimum absolute atomic E-state index is 0.0132. The van der Waals surface area contributed by atoms with Crippen molar-refractivity contribution in [2.75, 3.05) is 13.7 Å². The minimum atomic E-state index is -0.407. The molecule has 0 aliphatic carbocycles. The highest BCUT2D eigenvalue weighted by Gasteiger charge is 2.12. The fraction of sp³-hybridized carbons (Fsp3) is 0.143. The van der Waals surface area contributed by atoms with Gasteiger partial charge in [-0.25, -0.2) is 0 Å². The molecule has 0 radical (unpaired) electrons. The molecule has 0 saturated heterocycles. The molecule has 1 amide bonds. The van der Waals surface area contributed by atoms with Gasteiger partial charge in [0.15, 0.2) is 11.2 Å². The third-order valence-electron chi connectivity index (χ3n) is 4.51. The number of H-pyrrole nitrogens is 1. The Bertz CT molecular complexity index is 1190. The molecule has 6 nitrogen and oxygen atoms in total. The zero-order valence-electron chi connectivity index (χ0n) is 14.7. The van der Waals surface area contributed by atoms with E-state index in [-0.39, 0.29) is 11.2 Å². The van der Waals surface area contributed by atoms with E-state index in [0.717, 1.165) is 22.2 Å². The Hall–Kier alpha value is -3.54. The Balaban J connectivity index is 1.48. The maximum Gasteiger partial charge on any atom is 0.287 e. The van der Waals surface area contributed by atoms with Gasteiger partial charge in [-0.15, -0.1) is 0 Å². The molecule has 0 saturated carbocycles. The van der Waals surface area contributed by atoms with Crippen LogP contribution in [0.5, 0.6) is 5.75 Å². The van der Waals surface area contributed by atoms with E-state index in [1.807, 2.05) is 24.4 Å². The highest BCUT2D eigenvalue weighted by molar-refractivity contribution is 5.93. The molecule has 2 heterocycles. The molecule has 136 valence electrons. The van der Waals surface area contributed by atoms with Crippen molar-refractivity contribution in [1.29, 1.82) is 0 Å². The number of para-hydroxylation sites is 1. The lowest BCUT2D eigenvalue weighted by Crippen LogP contribution is -2.26. The van der Waals surface area contributed by atoms with Gasteiger partial charge in [0, 0.05) is 29.7 Å². The van der Waals surface area contributed by atoms with Gasteiger partial charge in [-0.2, -0.15) is 0 Å². The van der Waals surface area contributed by atoms with E-state index in [2.05, 4.69) is 10.3 Å². The summed E-state index contributed by atoms with van der Waals surface area (Å²) in [6.45, 7) is 0.416. The molecular formula is C21H18N2O4. The van der Waals surface area contributed by atoms with E-state index in [9.17, 15) is 9.59 Å². The van der Waals surface area contributed by atoms with Crippen molar-refractivity contribution in [3.63, 3.8) is 0 Å². The van der Waals surface area contributed by atoms with Crippen LogP contribution in [-0.2, 0) is 6.42 Å². The molecule has 6 heteroatoms. The first-order valence-electron chi connectivity index (χ1n) is 8.61. The number of ether oxygens (including phenoxy) is 1. The Morgan fingerprint density at radius 1 is 1.15 bits per heavy atom. The van der Waals surface area contributed by atoms with E-state index in [4.69, 9.17) is 9.15 Å². The van der Waals surface area contributed by atoms with E-state index >= 15 is 0 Å². The summed E-state index contributed by atoms with van der Waals surface area (Å²) in [6.07, 6.45) is 2.56. The van der Waals surface area contributed by atoms with Gasteiger partial charge in [-0.3, -0.25) is 9.59 Å². The summed E-state index contributed by atoms with van der Waals surface area (Å²) in [5.41, 5.74) is 2.26. The van der Waals surface area contributed by atoms with Crippen molar-refractivity contribution in [2.45, 2.75) is 6.42 Å². The second-order valence-corrected chi connectivity index (χ2v) is 6.20. The van der Waals surface area contributed by atoms with E-state index in [1.54, 1.807) is 31.4 Å². The highest BCUT2D eigenvalue weighted by atomic mass is 16.5. The molecule has 27 heavy (non-hydrogen) atoms. The predicted molar refractivity (Wildman–Crippen MR) is 103 cm³/mol. The van der Waals surface area contributed by atoms with Crippen LogP contribution in [-0.4, -0.2) is 24.5 Å². The molecule has 0 aliphatic rings. The van der Waals surface area contributed by atoms with E-state index < -0.39 is 5.91 Å². The summed E-state index contributed by atoms with van der Waals surface area (Å²) >= 11 is 0. The third kappa shape index (κ3) is 3.29. The van der Waals surface area contributed by atoms with Gasteiger partial charge in [-0.05, 0) is 42.3 Å². The molecule has 0 aliphatic heterocycles. The van der Waals surface area contributed by atoms with Crippen molar-refractivity contribution < 1.29 is 13.9 Å². The summed E-state index contributed by atoms with van der Waals surface area (Å²) in [6, 6.07) is 13.9. The number of carbonyl (C=O) groups excluding carboxylic acids is 1.